The molecule has 2 aromatic rings. The fourth-order valence-electron chi connectivity index (χ4n) is 1.37. The standard InChI is InChI=1S/C12H9BrClN3O/c1-17(11-5-3-9(13)7-16-11)12(18)8-2-4-10(14)15-6-8/h2-7H,1H3. The van der Waals surface area contributed by atoms with Crippen LogP contribution < -0.4 is 4.90 Å². The van der Waals surface area contributed by atoms with Crippen molar-refractivity contribution in [3.05, 3.63) is 51.8 Å². The molecule has 2 aromatic heterocycles. The summed E-state index contributed by atoms with van der Waals surface area (Å²) in [6, 6.07) is 6.79. The van der Waals surface area contributed by atoms with Crippen LogP contribution in [0.5, 0.6) is 0 Å². The zero-order chi connectivity index (χ0) is 13.1. The molecule has 4 nitrogen and oxygen atoms in total. The summed E-state index contributed by atoms with van der Waals surface area (Å²) in [6.07, 6.45) is 3.08. The van der Waals surface area contributed by atoms with Crippen molar-refractivity contribution in [1.29, 1.82) is 0 Å². The Morgan fingerprint density at radius 2 is 2.00 bits per heavy atom. The first kappa shape index (κ1) is 13.0. The van der Waals surface area contributed by atoms with Gasteiger partial charge in [-0.1, -0.05) is 11.6 Å². The van der Waals surface area contributed by atoms with Gasteiger partial charge in [0.1, 0.15) is 11.0 Å². The van der Waals surface area contributed by atoms with Crippen LogP contribution in [0, 0.1) is 0 Å². The smallest absolute Gasteiger partial charge is 0.260 e. The van der Waals surface area contributed by atoms with Crippen LogP contribution in [0.4, 0.5) is 5.82 Å². The third kappa shape index (κ3) is 2.86. The molecule has 18 heavy (non-hydrogen) atoms. The summed E-state index contributed by atoms with van der Waals surface area (Å²) in [4.78, 5) is 21.6. The van der Waals surface area contributed by atoms with Gasteiger partial charge < -0.3 is 0 Å². The number of halogens is 2. The first-order valence-corrected chi connectivity index (χ1v) is 6.26. The van der Waals surface area contributed by atoms with E-state index in [1.54, 1.807) is 31.4 Å². The maximum Gasteiger partial charge on any atom is 0.260 e. The highest BCUT2D eigenvalue weighted by molar-refractivity contribution is 9.10. The average molecular weight is 327 g/mol. The van der Waals surface area contributed by atoms with Crippen molar-refractivity contribution >= 4 is 39.3 Å². The number of aromatic nitrogens is 2. The first-order valence-electron chi connectivity index (χ1n) is 5.09. The summed E-state index contributed by atoms with van der Waals surface area (Å²) >= 11 is 8.97. The second-order valence-electron chi connectivity index (χ2n) is 3.57. The number of amides is 1. The van der Waals surface area contributed by atoms with Crippen LogP contribution in [-0.2, 0) is 0 Å². The van der Waals surface area contributed by atoms with Crippen LogP contribution >= 0.6 is 27.5 Å². The Labute approximate surface area is 118 Å². The highest BCUT2D eigenvalue weighted by Gasteiger charge is 2.14. The van der Waals surface area contributed by atoms with Crippen molar-refractivity contribution in [3.8, 4) is 0 Å². The van der Waals surface area contributed by atoms with Gasteiger partial charge in [0, 0.05) is 23.9 Å². The van der Waals surface area contributed by atoms with Gasteiger partial charge in [0.15, 0.2) is 0 Å². The van der Waals surface area contributed by atoms with Crippen LogP contribution in [0.25, 0.3) is 0 Å². The molecule has 0 spiro atoms. The van der Waals surface area contributed by atoms with E-state index in [9.17, 15) is 4.79 Å². The molecule has 0 saturated heterocycles. The van der Waals surface area contributed by atoms with E-state index in [1.165, 1.54) is 11.1 Å². The van der Waals surface area contributed by atoms with E-state index in [1.807, 2.05) is 6.07 Å². The number of nitrogens with zero attached hydrogens (tertiary/aromatic N) is 3. The Bertz CT molecular complexity index is 557. The van der Waals surface area contributed by atoms with Gasteiger partial charge in [-0.3, -0.25) is 9.69 Å². The Kier molecular flexibility index (Phi) is 3.93. The average Bonchev–Trinajstić information content (AvgIpc) is 2.39. The highest BCUT2D eigenvalue weighted by atomic mass is 79.9. The zero-order valence-electron chi connectivity index (χ0n) is 9.47. The minimum Gasteiger partial charge on any atom is -0.296 e. The molecule has 0 bridgehead atoms. The van der Waals surface area contributed by atoms with E-state index in [0.29, 0.717) is 16.5 Å². The van der Waals surface area contributed by atoms with Gasteiger partial charge in [-0.05, 0) is 40.2 Å². The maximum absolute atomic E-state index is 12.1. The number of anilines is 1. The molecule has 0 saturated carbocycles. The SMILES string of the molecule is CN(C(=O)c1ccc(Cl)nc1)c1ccc(Br)cn1. The third-order valence-electron chi connectivity index (χ3n) is 2.33. The lowest BCUT2D eigenvalue weighted by Gasteiger charge is -2.15. The molecule has 0 N–H and O–H groups in total. The number of carbonyl (C=O) groups is 1. The van der Waals surface area contributed by atoms with Gasteiger partial charge in [-0.25, -0.2) is 9.97 Å². The Morgan fingerprint density at radius 3 is 2.56 bits per heavy atom. The van der Waals surface area contributed by atoms with Gasteiger partial charge in [0.2, 0.25) is 0 Å². The fourth-order valence-corrected chi connectivity index (χ4v) is 1.71. The van der Waals surface area contributed by atoms with E-state index in [4.69, 9.17) is 11.6 Å². The van der Waals surface area contributed by atoms with Gasteiger partial charge in [-0.15, -0.1) is 0 Å². The van der Waals surface area contributed by atoms with Crippen LogP contribution in [0.3, 0.4) is 0 Å². The van der Waals surface area contributed by atoms with Crippen LogP contribution in [-0.4, -0.2) is 22.9 Å². The predicted molar refractivity (Wildman–Crippen MR) is 73.9 cm³/mol. The van der Waals surface area contributed by atoms with Crippen molar-refractivity contribution in [2.24, 2.45) is 0 Å². The van der Waals surface area contributed by atoms with E-state index >= 15 is 0 Å². The second-order valence-corrected chi connectivity index (χ2v) is 4.87. The predicted octanol–water partition coefficient (Wildman–Crippen LogP) is 3.17. The number of carbonyl (C=O) groups excluding carboxylic acids is 1. The molecule has 0 radical (unpaired) electrons. The Morgan fingerprint density at radius 1 is 1.22 bits per heavy atom. The van der Waals surface area contributed by atoms with Gasteiger partial charge >= 0.3 is 0 Å². The molecule has 0 aliphatic rings. The molecule has 2 rings (SSSR count). The molecule has 1 amide bonds. The largest absolute Gasteiger partial charge is 0.296 e. The van der Waals surface area contributed by atoms with Crippen molar-refractivity contribution in [1.82, 2.24) is 9.97 Å². The van der Waals surface area contributed by atoms with Crippen molar-refractivity contribution < 1.29 is 4.79 Å². The zero-order valence-corrected chi connectivity index (χ0v) is 11.8. The summed E-state index contributed by atoms with van der Waals surface area (Å²) in [7, 11) is 1.66. The minimum absolute atomic E-state index is 0.186. The Balaban J connectivity index is 2.23. The third-order valence-corrected chi connectivity index (χ3v) is 3.03. The van der Waals surface area contributed by atoms with Gasteiger partial charge in [0.25, 0.3) is 5.91 Å². The lowest BCUT2D eigenvalue weighted by Crippen LogP contribution is -2.27. The molecule has 0 atom stereocenters. The molecule has 6 heteroatoms. The Hall–Kier alpha value is -1.46. The molecular formula is C12H9BrClN3O. The molecule has 0 fully saturated rings. The van der Waals surface area contributed by atoms with Gasteiger partial charge in [0.05, 0.1) is 5.56 Å². The summed E-state index contributed by atoms with van der Waals surface area (Å²) in [6.45, 7) is 0. The molecule has 0 unspecified atom stereocenters. The van der Waals surface area contributed by atoms with E-state index in [2.05, 4.69) is 25.9 Å². The highest BCUT2D eigenvalue weighted by Crippen LogP contribution is 2.16. The summed E-state index contributed by atoms with van der Waals surface area (Å²) in [5.74, 6) is 0.382. The van der Waals surface area contributed by atoms with Crippen LogP contribution in [0.15, 0.2) is 41.1 Å². The monoisotopic (exact) mass is 325 g/mol. The van der Waals surface area contributed by atoms with E-state index in [0.717, 1.165) is 4.47 Å². The first-order chi connectivity index (χ1) is 8.58. The molecule has 92 valence electrons. The minimum atomic E-state index is -0.186. The number of pyridine rings is 2. The van der Waals surface area contributed by atoms with Crippen molar-refractivity contribution in [2.45, 2.75) is 0 Å². The van der Waals surface area contributed by atoms with Crippen molar-refractivity contribution in [2.75, 3.05) is 11.9 Å². The van der Waals surface area contributed by atoms with Crippen LogP contribution in [0.2, 0.25) is 5.15 Å². The molecule has 0 aliphatic carbocycles. The molecular weight excluding hydrogens is 318 g/mol. The topological polar surface area (TPSA) is 46.1 Å². The summed E-state index contributed by atoms with van der Waals surface area (Å²) < 4.78 is 0.861. The van der Waals surface area contributed by atoms with E-state index < -0.39 is 0 Å². The molecule has 0 aromatic carbocycles. The lowest BCUT2D eigenvalue weighted by atomic mass is 10.2. The summed E-state index contributed by atoms with van der Waals surface area (Å²) in [5, 5.41) is 0.357. The summed E-state index contributed by atoms with van der Waals surface area (Å²) in [5.41, 5.74) is 0.464. The maximum atomic E-state index is 12.1. The van der Waals surface area contributed by atoms with Crippen molar-refractivity contribution in [3.63, 3.8) is 0 Å². The van der Waals surface area contributed by atoms with Crippen LogP contribution in [0.1, 0.15) is 10.4 Å². The quantitative estimate of drug-likeness (QED) is 0.796. The molecule has 0 aliphatic heterocycles. The normalized spacial score (nSPS) is 10.2. The van der Waals surface area contributed by atoms with Gasteiger partial charge in [-0.2, -0.15) is 0 Å². The van der Waals surface area contributed by atoms with E-state index in [-0.39, 0.29) is 5.91 Å². The fraction of sp³-hybridized carbons (Fsp3) is 0.0833. The number of rotatable bonds is 2. The lowest BCUT2D eigenvalue weighted by molar-refractivity contribution is 0.0992. The second kappa shape index (κ2) is 5.46. The number of hydrogen-bond acceptors (Lipinski definition) is 3. The molecule has 2 heterocycles. The number of hydrogen-bond donors (Lipinski definition) is 0.